The summed E-state index contributed by atoms with van der Waals surface area (Å²) in [5.41, 5.74) is 2.44. The number of rotatable bonds is 8. The fourth-order valence-electron chi connectivity index (χ4n) is 2.30. The summed E-state index contributed by atoms with van der Waals surface area (Å²) in [5.74, 6) is 1.32. The van der Waals surface area contributed by atoms with Gasteiger partial charge in [0.05, 0.1) is 25.6 Å². The summed E-state index contributed by atoms with van der Waals surface area (Å²) in [6.45, 7) is 4.02. The minimum absolute atomic E-state index is 0.130. The molecule has 1 amide bonds. The van der Waals surface area contributed by atoms with E-state index in [0.717, 1.165) is 5.75 Å². The van der Waals surface area contributed by atoms with Gasteiger partial charge in [0.15, 0.2) is 0 Å². The molecule has 0 bridgehead atoms. The number of methoxy groups -OCH3 is 2. The van der Waals surface area contributed by atoms with Crippen molar-refractivity contribution in [2.45, 2.75) is 26.7 Å². The Labute approximate surface area is 160 Å². The smallest absolute Gasteiger partial charge is 0.249 e. The van der Waals surface area contributed by atoms with Crippen molar-refractivity contribution in [3.05, 3.63) is 60.2 Å². The molecule has 27 heavy (non-hydrogen) atoms. The third kappa shape index (κ3) is 6.26. The van der Waals surface area contributed by atoms with Crippen LogP contribution >= 0.6 is 0 Å². The SMILES string of the molecule is COc1ccc(N=NN(C(=O)CCC=C(C)C)c2ccc(OC)cc2)cc1. The van der Waals surface area contributed by atoms with E-state index in [4.69, 9.17) is 9.47 Å². The highest BCUT2D eigenvalue weighted by atomic mass is 16.5. The number of hydrogen-bond donors (Lipinski definition) is 0. The van der Waals surface area contributed by atoms with Crippen LogP contribution in [0.15, 0.2) is 70.5 Å². The Bertz CT molecular complexity index is 792. The minimum Gasteiger partial charge on any atom is -0.497 e. The highest BCUT2D eigenvalue weighted by Gasteiger charge is 2.15. The number of amides is 1. The van der Waals surface area contributed by atoms with Gasteiger partial charge in [-0.25, -0.2) is 0 Å². The van der Waals surface area contributed by atoms with E-state index in [2.05, 4.69) is 10.3 Å². The Morgan fingerprint density at radius 2 is 1.52 bits per heavy atom. The zero-order chi connectivity index (χ0) is 19.6. The maximum Gasteiger partial charge on any atom is 0.249 e. The van der Waals surface area contributed by atoms with Crippen molar-refractivity contribution in [1.29, 1.82) is 0 Å². The van der Waals surface area contributed by atoms with Gasteiger partial charge in [-0.3, -0.25) is 4.79 Å². The van der Waals surface area contributed by atoms with Crippen LogP contribution in [0, 0.1) is 0 Å². The van der Waals surface area contributed by atoms with Gasteiger partial charge < -0.3 is 9.47 Å². The number of ether oxygens (including phenoxy) is 2. The van der Waals surface area contributed by atoms with Gasteiger partial charge in [-0.1, -0.05) is 16.9 Å². The molecule has 0 atom stereocenters. The Balaban J connectivity index is 2.22. The molecule has 2 aromatic carbocycles. The van der Waals surface area contributed by atoms with Gasteiger partial charge in [-0.05, 0) is 68.8 Å². The first-order valence-corrected chi connectivity index (χ1v) is 8.69. The summed E-state index contributed by atoms with van der Waals surface area (Å²) in [4.78, 5) is 12.7. The topological polar surface area (TPSA) is 63.5 Å². The third-order valence-corrected chi connectivity index (χ3v) is 3.79. The van der Waals surface area contributed by atoms with Gasteiger partial charge in [0.25, 0.3) is 0 Å². The predicted molar refractivity (Wildman–Crippen MR) is 107 cm³/mol. The number of carbonyl (C=O) groups is 1. The van der Waals surface area contributed by atoms with Crippen molar-refractivity contribution in [2.24, 2.45) is 10.3 Å². The van der Waals surface area contributed by atoms with Crippen LogP contribution in [0.4, 0.5) is 11.4 Å². The minimum atomic E-state index is -0.130. The van der Waals surface area contributed by atoms with E-state index in [9.17, 15) is 4.79 Å². The van der Waals surface area contributed by atoms with Crippen molar-refractivity contribution in [3.8, 4) is 11.5 Å². The van der Waals surface area contributed by atoms with Gasteiger partial charge in [0, 0.05) is 6.42 Å². The lowest BCUT2D eigenvalue weighted by molar-refractivity contribution is -0.118. The van der Waals surface area contributed by atoms with E-state index < -0.39 is 0 Å². The third-order valence-electron chi connectivity index (χ3n) is 3.79. The maximum atomic E-state index is 12.7. The Kier molecular flexibility index (Phi) is 7.55. The molecule has 0 saturated heterocycles. The Morgan fingerprint density at radius 3 is 2.04 bits per heavy atom. The van der Waals surface area contributed by atoms with Gasteiger partial charge >= 0.3 is 0 Å². The average Bonchev–Trinajstić information content (AvgIpc) is 2.69. The standard InChI is InChI=1S/C21H25N3O3/c1-16(2)6-5-7-21(25)24(18-10-14-20(27-4)15-11-18)23-22-17-8-12-19(26-3)13-9-17/h6,8-15H,5,7H2,1-4H3. The van der Waals surface area contributed by atoms with E-state index in [0.29, 0.717) is 30.0 Å². The number of nitrogens with zero attached hydrogens (tertiary/aromatic N) is 3. The fourth-order valence-corrected chi connectivity index (χ4v) is 2.30. The van der Waals surface area contributed by atoms with Gasteiger partial charge in [0.2, 0.25) is 5.91 Å². The summed E-state index contributed by atoms with van der Waals surface area (Å²) in [5, 5.41) is 9.69. The van der Waals surface area contributed by atoms with Crippen molar-refractivity contribution in [2.75, 3.05) is 19.2 Å². The van der Waals surface area contributed by atoms with Gasteiger partial charge in [0.1, 0.15) is 11.5 Å². The Hall–Kier alpha value is -3.15. The lowest BCUT2D eigenvalue weighted by atomic mass is 10.2. The summed E-state index contributed by atoms with van der Waals surface area (Å²) in [6.07, 6.45) is 3.04. The summed E-state index contributed by atoms with van der Waals surface area (Å²) in [7, 11) is 3.20. The van der Waals surface area contributed by atoms with E-state index in [1.54, 1.807) is 62.8 Å². The molecule has 0 spiro atoms. The first-order chi connectivity index (χ1) is 13.0. The molecule has 2 rings (SSSR count). The lowest BCUT2D eigenvalue weighted by Gasteiger charge is -2.16. The molecular weight excluding hydrogens is 342 g/mol. The van der Waals surface area contributed by atoms with Crippen LogP contribution in [0.25, 0.3) is 0 Å². The first-order valence-electron chi connectivity index (χ1n) is 8.69. The van der Waals surface area contributed by atoms with Crippen LogP contribution in [0.1, 0.15) is 26.7 Å². The van der Waals surface area contributed by atoms with Crippen LogP contribution < -0.4 is 14.5 Å². The number of benzene rings is 2. The van der Waals surface area contributed by atoms with Crippen LogP contribution in [-0.2, 0) is 4.79 Å². The average molecular weight is 367 g/mol. The molecule has 0 N–H and O–H groups in total. The van der Waals surface area contributed by atoms with Crippen molar-refractivity contribution in [1.82, 2.24) is 0 Å². The Morgan fingerprint density at radius 1 is 0.963 bits per heavy atom. The second kappa shape index (κ2) is 10.1. The quantitative estimate of drug-likeness (QED) is 0.352. The van der Waals surface area contributed by atoms with Crippen LogP contribution in [-0.4, -0.2) is 20.1 Å². The van der Waals surface area contributed by atoms with Crippen LogP contribution in [0.5, 0.6) is 11.5 Å². The van der Waals surface area contributed by atoms with Crippen LogP contribution in [0.3, 0.4) is 0 Å². The molecule has 0 fully saturated rings. The van der Waals surface area contributed by atoms with Crippen molar-refractivity contribution in [3.63, 3.8) is 0 Å². The molecule has 142 valence electrons. The number of hydrogen-bond acceptors (Lipinski definition) is 5. The second-order valence-corrected chi connectivity index (χ2v) is 6.11. The summed E-state index contributed by atoms with van der Waals surface area (Å²) < 4.78 is 10.3. The zero-order valence-electron chi connectivity index (χ0n) is 16.2. The van der Waals surface area contributed by atoms with Crippen molar-refractivity contribution >= 4 is 17.3 Å². The molecule has 0 aliphatic heterocycles. The molecule has 0 aliphatic carbocycles. The molecule has 0 saturated carbocycles. The molecule has 6 nitrogen and oxygen atoms in total. The molecule has 6 heteroatoms. The molecule has 0 unspecified atom stereocenters. The van der Waals surface area contributed by atoms with Gasteiger partial charge in [-0.2, -0.15) is 5.01 Å². The molecule has 2 aromatic rings. The molecule has 0 heterocycles. The molecule has 0 aromatic heterocycles. The van der Waals surface area contributed by atoms with Crippen LogP contribution in [0.2, 0.25) is 0 Å². The fraction of sp³-hybridized carbons (Fsp3) is 0.286. The number of anilines is 1. The largest absolute Gasteiger partial charge is 0.497 e. The first kappa shape index (κ1) is 20.2. The second-order valence-electron chi connectivity index (χ2n) is 6.11. The highest BCUT2D eigenvalue weighted by Crippen LogP contribution is 2.23. The molecule has 0 radical (unpaired) electrons. The predicted octanol–water partition coefficient (Wildman–Crippen LogP) is 5.48. The van der Waals surface area contributed by atoms with Gasteiger partial charge in [-0.15, -0.1) is 5.11 Å². The van der Waals surface area contributed by atoms with Crippen molar-refractivity contribution < 1.29 is 14.3 Å². The molecule has 0 aliphatic rings. The van der Waals surface area contributed by atoms with E-state index in [1.807, 2.05) is 19.9 Å². The molecular formula is C21H25N3O3. The number of allylic oxidation sites excluding steroid dienone is 2. The van der Waals surface area contributed by atoms with E-state index >= 15 is 0 Å². The number of carbonyl (C=O) groups excluding carboxylic acids is 1. The lowest BCUT2D eigenvalue weighted by Crippen LogP contribution is -2.24. The summed E-state index contributed by atoms with van der Waals surface area (Å²) in [6, 6.07) is 14.3. The van der Waals surface area contributed by atoms with E-state index in [1.165, 1.54) is 10.6 Å². The monoisotopic (exact) mass is 367 g/mol. The zero-order valence-corrected chi connectivity index (χ0v) is 16.2. The van der Waals surface area contributed by atoms with E-state index in [-0.39, 0.29) is 5.91 Å². The summed E-state index contributed by atoms with van der Waals surface area (Å²) >= 11 is 0. The highest BCUT2D eigenvalue weighted by molar-refractivity contribution is 5.92. The maximum absolute atomic E-state index is 12.7. The normalized spacial score (nSPS) is 10.5.